The van der Waals surface area contributed by atoms with E-state index in [9.17, 15) is 5.11 Å². The third-order valence-corrected chi connectivity index (χ3v) is 3.10. The predicted octanol–water partition coefficient (Wildman–Crippen LogP) is 2.73. The van der Waals surface area contributed by atoms with Gasteiger partial charge in [-0.15, -0.1) is 0 Å². The molecule has 1 aromatic rings. The van der Waals surface area contributed by atoms with E-state index in [1.54, 1.807) is 18.3 Å². The molecule has 1 fully saturated rings. The van der Waals surface area contributed by atoms with E-state index >= 15 is 0 Å². The van der Waals surface area contributed by atoms with E-state index in [1.807, 2.05) is 0 Å². The Labute approximate surface area is 100 Å². The van der Waals surface area contributed by atoms with Crippen LogP contribution >= 0.6 is 11.6 Å². The minimum absolute atomic E-state index is 0.321. The Morgan fingerprint density at radius 1 is 1.56 bits per heavy atom. The lowest BCUT2D eigenvalue weighted by atomic mass is 10.1. The molecule has 0 aliphatic carbocycles. The Morgan fingerprint density at radius 3 is 3.06 bits per heavy atom. The minimum Gasteiger partial charge on any atom is -0.387 e. The van der Waals surface area contributed by atoms with E-state index in [4.69, 9.17) is 16.3 Å². The van der Waals surface area contributed by atoms with E-state index in [0.717, 1.165) is 25.9 Å². The fraction of sp³-hybridized carbons (Fsp3) is 0.583. The second-order valence-electron chi connectivity index (χ2n) is 4.13. The largest absolute Gasteiger partial charge is 0.387 e. The molecule has 4 heteroatoms. The minimum atomic E-state index is -0.513. The molecule has 1 saturated heterocycles. The van der Waals surface area contributed by atoms with E-state index in [2.05, 4.69) is 4.98 Å². The van der Waals surface area contributed by atoms with Gasteiger partial charge in [0.1, 0.15) is 0 Å². The van der Waals surface area contributed by atoms with Crippen molar-refractivity contribution in [1.82, 2.24) is 4.98 Å². The lowest BCUT2D eigenvalue weighted by Crippen LogP contribution is -2.08. The maximum atomic E-state index is 9.91. The molecule has 0 radical (unpaired) electrons. The molecule has 88 valence electrons. The molecule has 1 aliphatic heterocycles. The van der Waals surface area contributed by atoms with Crippen LogP contribution < -0.4 is 0 Å². The number of rotatable bonds is 4. The maximum Gasteiger partial charge on any atom is 0.0960 e. The number of nitrogens with zero attached hydrogens (tertiary/aromatic N) is 1. The number of ether oxygens (including phenoxy) is 1. The molecule has 0 spiro atoms. The molecule has 0 bridgehead atoms. The number of hydrogen-bond donors (Lipinski definition) is 1. The summed E-state index contributed by atoms with van der Waals surface area (Å²) in [5.74, 6) is 0. The van der Waals surface area contributed by atoms with Crippen molar-refractivity contribution in [3.8, 4) is 0 Å². The lowest BCUT2D eigenvalue weighted by Gasteiger charge is -2.13. The van der Waals surface area contributed by atoms with E-state index in [1.165, 1.54) is 0 Å². The Balaban J connectivity index is 1.82. The number of hydrogen-bond acceptors (Lipinski definition) is 3. The van der Waals surface area contributed by atoms with Crippen LogP contribution in [0, 0.1) is 0 Å². The van der Waals surface area contributed by atoms with Gasteiger partial charge in [0.2, 0.25) is 0 Å². The molecule has 16 heavy (non-hydrogen) atoms. The predicted molar refractivity (Wildman–Crippen MR) is 62.4 cm³/mol. The first-order valence-corrected chi connectivity index (χ1v) is 6.04. The van der Waals surface area contributed by atoms with Crippen molar-refractivity contribution in [2.24, 2.45) is 0 Å². The van der Waals surface area contributed by atoms with E-state index in [0.29, 0.717) is 23.2 Å². The number of halogens is 1. The van der Waals surface area contributed by atoms with Gasteiger partial charge in [0.05, 0.1) is 22.9 Å². The summed E-state index contributed by atoms with van der Waals surface area (Å²) in [6.07, 6.45) is 5.21. The number of aliphatic hydroxyl groups is 1. The summed E-state index contributed by atoms with van der Waals surface area (Å²) in [5, 5.41) is 10.5. The molecule has 0 amide bonds. The van der Waals surface area contributed by atoms with Gasteiger partial charge < -0.3 is 9.84 Å². The summed E-state index contributed by atoms with van der Waals surface area (Å²) in [4.78, 5) is 4.10. The standard InChI is InChI=1S/C12H16ClNO2/c13-9-3-5-11(14-8-9)12(15)6-4-10-2-1-7-16-10/h3,5,8,10,12,15H,1-2,4,6-7H2. The van der Waals surface area contributed by atoms with Crippen LogP contribution in [0.15, 0.2) is 18.3 Å². The summed E-state index contributed by atoms with van der Waals surface area (Å²) < 4.78 is 5.51. The van der Waals surface area contributed by atoms with Gasteiger partial charge >= 0.3 is 0 Å². The zero-order valence-corrected chi connectivity index (χ0v) is 9.86. The van der Waals surface area contributed by atoms with Crippen molar-refractivity contribution in [3.05, 3.63) is 29.0 Å². The van der Waals surface area contributed by atoms with Crippen LogP contribution in [-0.4, -0.2) is 22.8 Å². The highest BCUT2D eigenvalue weighted by atomic mass is 35.5. The highest BCUT2D eigenvalue weighted by Gasteiger charge is 2.18. The second kappa shape index (κ2) is 5.62. The highest BCUT2D eigenvalue weighted by molar-refractivity contribution is 6.30. The van der Waals surface area contributed by atoms with Crippen LogP contribution in [0.1, 0.15) is 37.5 Å². The van der Waals surface area contributed by atoms with Gasteiger partial charge in [-0.25, -0.2) is 0 Å². The normalized spacial score (nSPS) is 22.2. The average Bonchev–Trinajstić information content (AvgIpc) is 2.80. The Hall–Kier alpha value is -0.640. The average molecular weight is 242 g/mol. The van der Waals surface area contributed by atoms with Gasteiger partial charge in [0.15, 0.2) is 0 Å². The van der Waals surface area contributed by atoms with Crippen molar-refractivity contribution < 1.29 is 9.84 Å². The van der Waals surface area contributed by atoms with Crippen molar-refractivity contribution in [2.45, 2.75) is 37.9 Å². The smallest absolute Gasteiger partial charge is 0.0960 e. The molecular formula is C12H16ClNO2. The van der Waals surface area contributed by atoms with Crippen LogP contribution in [0.3, 0.4) is 0 Å². The number of pyridine rings is 1. The van der Waals surface area contributed by atoms with E-state index in [-0.39, 0.29) is 0 Å². The molecule has 2 atom stereocenters. The second-order valence-corrected chi connectivity index (χ2v) is 4.57. The SMILES string of the molecule is OC(CCC1CCCO1)c1ccc(Cl)cn1. The topological polar surface area (TPSA) is 42.4 Å². The van der Waals surface area contributed by atoms with Crippen molar-refractivity contribution >= 4 is 11.6 Å². The maximum absolute atomic E-state index is 9.91. The van der Waals surface area contributed by atoms with Crippen molar-refractivity contribution in [3.63, 3.8) is 0 Å². The first-order valence-electron chi connectivity index (χ1n) is 5.67. The van der Waals surface area contributed by atoms with E-state index < -0.39 is 6.10 Å². The molecule has 2 heterocycles. The summed E-state index contributed by atoms with van der Waals surface area (Å²) in [7, 11) is 0. The van der Waals surface area contributed by atoms with Crippen LogP contribution in [-0.2, 0) is 4.74 Å². The van der Waals surface area contributed by atoms with Crippen molar-refractivity contribution in [1.29, 1.82) is 0 Å². The van der Waals surface area contributed by atoms with Gasteiger partial charge in [-0.1, -0.05) is 11.6 Å². The number of aliphatic hydroxyl groups excluding tert-OH is 1. The van der Waals surface area contributed by atoms with Gasteiger partial charge in [-0.3, -0.25) is 4.98 Å². The fourth-order valence-corrected chi connectivity index (χ4v) is 2.06. The number of aromatic nitrogens is 1. The summed E-state index contributed by atoms with van der Waals surface area (Å²) in [6.45, 7) is 0.861. The van der Waals surface area contributed by atoms with Gasteiger partial charge in [-0.2, -0.15) is 0 Å². The summed E-state index contributed by atoms with van der Waals surface area (Å²) in [5.41, 5.74) is 0.683. The third-order valence-electron chi connectivity index (χ3n) is 2.88. The Morgan fingerprint density at radius 2 is 2.44 bits per heavy atom. The van der Waals surface area contributed by atoms with Gasteiger partial charge in [-0.05, 0) is 37.8 Å². The van der Waals surface area contributed by atoms with Crippen LogP contribution in [0.2, 0.25) is 5.02 Å². The molecular weight excluding hydrogens is 226 g/mol. The molecule has 1 N–H and O–H groups in total. The molecule has 0 aromatic carbocycles. The van der Waals surface area contributed by atoms with Gasteiger partial charge in [0.25, 0.3) is 0 Å². The third kappa shape index (κ3) is 3.17. The highest BCUT2D eigenvalue weighted by Crippen LogP contribution is 2.23. The molecule has 2 unspecified atom stereocenters. The van der Waals surface area contributed by atoms with Crippen LogP contribution in [0.4, 0.5) is 0 Å². The Bertz CT molecular complexity index is 322. The van der Waals surface area contributed by atoms with Crippen LogP contribution in [0.25, 0.3) is 0 Å². The first-order chi connectivity index (χ1) is 7.75. The van der Waals surface area contributed by atoms with Gasteiger partial charge in [0, 0.05) is 12.8 Å². The lowest BCUT2D eigenvalue weighted by molar-refractivity contribution is 0.0802. The molecule has 3 nitrogen and oxygen atoms in total. The molecule has 0 saturated carbocycles. The summed E-state index contributed by atoms with van der Waals surface area (Å²) >= 11 is 5.73. The molecule has 1 aliphatic rings. The van der Waals surface area contributed by atoms with Crippen molar-refractivity contribution in [2.75, 3.05) is 6.61 Å². The zero-order valence-electron chi connectivity index (χ0n) is 9.10. The monoisotopic (exact) mass is 241 g/mol. The summed E-state index contributed by atoms with van der Waals surface area (Å²) in [6, 6.07) is 3.52. The van der Waals surface area contributed by atoms with Crippen LogP contribution in [0.5, 0.6) is 0 Å². The zero-order chi connectivity index (χ0) is 11.4. The fourth-order valence-electron chi connectivity index (χ4n) is 1.95. The molecule has 1 aromatic heterocycles. The molecule has 2 rings (SSSR count). The quantitative estimate of drug-likeness (QED) is 0.882. The Kier molecular flexibility index (Phi) is 4.16. The first kappa shape index (κ1) is 11.8.